The molecule has 3 N–H and O–H groups in total. The molecule has 0 bridgehead atoms. The summed E-state index contributed by atoms with van der Waals surface area (Å²) < 4.78 is 5.67. The molecule has 5 rings (SSSR count). The third kappa shape index (κ3) is 4.90. The Morgan fingerprint density at radius 3 is 2.14 bits per heavy atom. The average Bonchev–Trinajstić information content (AvgIpc) is 3.38. The molecule has 184 valence electrons. The number of benzene rings is 2. The lowest BCUT2D eigenvalue weighted by molar-refractivity contribution is -0.138. The monoisotopic (exact) mass is 476 g/mol. The van der Waals surface area contributed by atoms with Crippen LogP contribution in [0.2, 0.25) is 0 Å². The van der Waals surface area contributed by atoms with Crippen LogP contribution in [0.1, 0.15) is 62.0 Å². The van der Waals surface area contributed by atoms with E-state index < -0.39 is 12.1 Å². The number of aliphatic carboxylic acids is 1. The number of nitrogens with one attached hydrogen (secondary N) is 2. The molecule has 2 saturated carbocycles. The van der Waals surface area contributed by atoms with Crippen LogP contribution in [0.4, 0.5) is 4.79 Å². The third-order valence-electron chi connectivity index (χ3n) is 7.94. The SMILES string of the molecule is O=C(O)CC(NC(=O)[C@@H]1CCC[C@@H]1NC(=O)OCC1c2ccccc2-c2ccccc21)C1CCC1. The quantitative estimate of drug-likeness (QED) is 0.522. The summed E-state index contributed by atoms with van der Waals surface area (Å²) in [6.07, 6.45) is 4.60. The Balaban J connectivity index is 1.18. The van der Waals surface area contributed by atoms with Crippen LogP contribution in [-0.4, -0.2) is 41.8 Å². The number of carboxylic acids is 1. The van der Waals surface area contributed by atoms with Gasteiger partial charge >= 0.3 is 12.1 Å². The van der Waals surface area contributed by atoms with Crippen LogP contribution < -0.4 is 10.6 Å². The van der Waals surface area contributed by atoms with E-state index >= 15 is 0 Å². The summed E-state index contributed by atoms with van der Waals surface area (Å²) >= 11 is 0. The number of hydrogen-bond acceptors (Lipinski definition) is 4. The first kappa shape index (κ1) is 23.4. The van der Waals surface area contributed by atoms with Gasteiger partial charge < -0.3 is 20.5 Å². The summed E-state index contributed by atoms with van der Waals surface area (Å²) in [4.78, 5) is 37.0. The molecule has 3 aliphatic rings. The molecule has 2 aromatic rings. The minimum absolute atomic E-state index is 0.0184. The van der Waals surface area contributed by atoms with E-state index in [1.807, 2.05) is 24.3 Å². The van der Waals surface area contributed by atoms with E-state index in [2.05, 4.69) is 34.9 Å². The molecule has 0 radical (unpaired) electrons. The van der Waals surface area contributed by atoms with Gasteiger partial charge in [0.2, 0.25) is 5.91 Å². The Kier molecular flexibility index (Phi) is 6.75. The fourth-order valence-electron chi connectivity index (χ4n) is 5.89. The number of hydrogen-bond donors (Lipinski definition) is 3. The topological polar surface area (TPSA) is 105 Å². The highest BCUT2D eigenvalue weighted by Crippen LogP contribution is 2.44. The molecule has 0 aliphatic heterocycles. The van der Waals surface area contributed by atoms with Crippen molar-refractivity contribution in [2.75, 3.05) is 6.61 Å². The Morgan fingerprint density at radius 2 is 1.54 bits per heavy atom. The van der Waals surface area contributed by atoms with Crippen molar-refractivity contribution in [1.29, 1.82) is 0 Å². The van der Waals surface area contributed by atoms with Gasteiger partial charge in [0.1, 0.15) is 6.61 Å². The van der Waals surface area contributed by atoms with Gasteiger partial charge in [-0.05, 0) is 53.9 Å². The van der Waals surface area contributed by atoms with Gasteiger partial charge in [-0.1, -0.05) is 61.4 Å². The van der Waals surface area contributed by atoms with Crippen LogP contribution in [0.25, 0.3) is 11.1 Å². The maximum absolute atomic E-state index is 13.0. The van der Waals surface area contributed by atoms with Crippen molar-refractivity contribution < 1.29 is 24.2 Å². The zero-order chi connectivity index (χ0) is 24.4. The molecule has 3 atom stereocenters. The second kappa shape index (κ2) is 10.1. The number of amides is 2. The second-order valence-corrected chi connectivity index (χ2v) is 10.0. The molecule has 1 unspecified atom stereocenters. The third-order valence-corrected chi connectivity index (χ3v) is 7.94. The Hall–Kier alpha value is -3.35. The first-order valence-electron chi connectivity index (χ1n) is 12.6. The first-order chi connectivity index (χ1) is 17.0. The molecular weight excluding hydrogens is 444 g/mol. The predicted octanol–water partition coefficient (Wildman–Crippen LogP) is 4.45. The average molecular weight is 477 g/mol. The van der Waals surface area contributed by atoms with E-state index in [4.69, 9.17) is 4.74 Å². The van der Waals surface area contributed by atoms with Crippen LogP contribution in [-0.2, 0) is 14.3 Å². The number of ether oxygens (including phenoxy) is 1. The number of rotatable bonds is 8. The molecule has 0 heterocycles. The van der Waals surface area contributed by atoms with Crippen molar-refractivity contribution in [3.63, 3.8) is 0 Å². The zero-order valence-electron chi connectivity index (χ0n) is 19.7. The van der Waals surface area contributed by atoms with Crippen molar-refractivity contribution in [2.45, 2.75) is 62.9 Å². The second-order valence-electron chi connectivity index (χ2n) is 10.0. The van der Waals surface area contributed by atoms with E-state index in [1.54, 1.807) is 0 Å². The van der Waals surface area contributed by atoms with Crippen LogP contribution in [0, 0.1) is 11.8 Å². The van der Waals surface area contributed by atoms with Crippen molar-refractivity contribution >= 4 is 18.0 Å². The van der Waals surface area contributed by atoms with E-state index in [-0.39, 0.29) is 48.8 Å². The van der Waals surface area contributed by atoms with E-state index in [9.17, 15) is 19.5 Å². The lowest BCUT2D eigenvalue weighted by Crippen LogP contribution is -2.50. The first-order valence-corrected chi connectivity index (χ1v) is 12.6. The van der Waals surface area contributed by atoms with Crippen molar-refractivity contribution in [3.05, 3.63) is 59.7 Å². The summed E-state index contributed by atoms with van der Waals surface area (Å²) in [5.74, 6) is -1.22. The van der Waals surface area contributed by atoms with Gasteiger partial charge in [-0.15, -0.1) is 0 Å². The maximum atomic E-state index is 13.0. The highest BCUT2D eigenvalue weighted by molar-refractivity contribution is 5.82. The van der Waals surface area contributed by atoms with Gasteiger partial charge in [0, 0.05) is 18.0 Å². The van der Waals surface area contributed by atoms with Crippen molar-refractivity contribution in [1.82, 2.24) is 10.6 Å². The molecule has 0 saturated heterocycles. The molecule has 2 fully saturated rings. The van der Waals surface area contributed by atoms with Crippen molar-refractivity contribution in [3.8, 4) is 11.1 Å². The standard InChI is InChI=1S/C28H32N2O5/c31-26(32)15-25(17-7-5-8-17)29-27(33)22-13-6-14-24(22)30-28(34)35-16-23-20-11-3-1-9-18(20)19-10-2-4-12-21(19)23/h1-4,9-12,17,22-25H,5-8,13-16H2,(H,29,33)(H,30,34)(H,31,32)/t22-,24+,25?/m1/s1. The Morgan fingerprint density at radius 1 is 0.914 bits per heavy atom. The number of fused-ring (bicyclic) bond motifs is 3. The number of alkyl carbamates (subject to hydrolysis) is 1. The predicted molar refractivity (Wildman–Crippen MR) is 131 cm³/mol. The van der Waals surface area contributed by atoms with Gasteiger partial charge in [0.25, 0.3) is 0 Å². The van der Waals surface area contributed by atoms with Gasteiger partial charge in [0.05, 0.1) is 12.3 Å². The number of carbonyl (C=O) groups excluding carboxylic acids is 2. The van der Waals surface area contributed by atoms with Gasteiger partial charge in [0.15, 0.2) is 0 Å². The smallest absolute Gasteiger partial charge is 0.407 e. The summed E-state index contributed by atoms with van der Waals surface area (Å²) in [5, 5.41) is 15.1. The Labute approximate surface area is 205 Å². The largest absolute Gasteiger partial charge is 0.481 e. The molecule has 0 spiro atoms. The molecule has 2 amide bonds. The van der Waals surface area contributed by atoms with E-state index in [0.717, 1.165) is 36.8 Å². The molecule has 7 heteroatoms. The molecule has 3 aliphatic carbocycles. The highest BCUT2D eigenvalue weighted by atomic mass is 16.5. The van der Waals surface area contributed by atoms with E-state index in [1.165, 1.54) is 11.1 Å². The number of carbonyl (C=O) groups is 3. The fourth-order valence-corrected chi connectivity index (χ4v) is 5.89. The molecular formula is C28H32N2O5. The number of carboxylic acid groups (broad SMARTS) is 1. The van der Waals surface area contributed by atoms with Crippen LogP contribution in [0.5, 0.6) is 0 Å². The molecule has 0 aromatic heterocycles. The summed E-state index contributed by atoms with van der Waals surface area (Å²) in [5.41, 5.74) is 4.65. The Bertz CT molecular complexity index is 1070. The lowest BCUT2D eigenvalue weighted by Gasteiger charge is -2.34. The highest BCUT2D eigenvalue weighted by Gasteiger charge is 2.38. The zero-order valence-corrected chi connectivity index (χ0v) is 19.7. The molecule has 2 aromatic carbocycles. The van der Waals surface area contributed by atoms with E-state index in [0.29, 0.717) is 12.8 Å². The van der Waals surface area contributed by atoms with Gasteiger partial charge in [-0.25, -0.2) is 4.79 Å². The summed E-state index contributed by atoms with van der Waals surface area (Å²) in [7, 11) is 0. The minimum atomic E-state index is -0.901. The molecule has 7 nitrogen and oxygen atoms in total. The minimum Gasteiger partial charge on any atom is -0.481 e. The van der Waals surface area contributed by atoms with Crippen molar-refractivity contribution in [2.24, 2.45) is 11.8 Å². The van der Waals surface area contributed by atoms with Gasteiger partial charge in [-0.2, -0.15) is 0 Å². The van der Waals surface area contributed by atoms with Crippen LogP contribution in [0.3, 0.4) is 0 Å². The fraction of sp³-hybridized carbons (Fsp3) is 0.464. The maximum Gasteiger partial charge on any atom is 0.407 e. The van der Waals surface area contributed by atoms with Crippen LogP contribution >= 0.6 is 0 Å². The summed E-state index contributed by atoms with van der Waals surface area (Å²) in [6.45, 7) is 0.228. The molecule has 35 heavy (non-hydrogen) atoms. The van der Waals surface area contributed by atoms with Crippen LogP contribution in [0.15, 0.2) is 48.5 Å². The summed E-state index contributed by atoms with van der Waals surface area (Å²) in [6, 6.07) is 15.7. The normalized spacial score (nSPS) is 21.9. The lowest BCUT2D eigenvalue weighted by atomic mass is 9.78. The van der Waals surface area contributed by atoms with Gasteiger partial charge in [-0.3, -0.25) is 9.59 Å².